The number of H-pyrrole nitrogens is 1. The second kappa shape index (κ2) is 5.90. The average Bonchev–Trinajstić information content (AvgIpc) is 2.86. The van der Waals surface area contributed by atoms with Gasteiger partial charge in [0.1, 0.15) is 0 Å². The molecule has 0 bridgehead atoms. The van der Waals surface area contributed by atoms with E-state index in [4.69, 9.17) is 4.74 Å². The summed E-state index contributed by atoms with van der Waals surface area (Å²) in [7, 11) is 1.67. The summed E-state index contributed by atoms with van der Waals surface area (Å²) in [5.41, 5.74) is 2.13. The van der Waals surface area contributed by atoms with Crippen molar-refractivity contribution in [1.29, 1.82) is 0 Å². The van der Waals surface area contributed by atoms with E-state index in [0.29, 0.717) is 13.2 Å². The molecule has 0 atom stereocenters. The van der Waals surface area contributed by atoms with Crippen molar-refractivity contribution in [3.05, 3.63) is 36.0 Å². The number of carbonyl (C=O) groups is 1. The molecule has 0 aliphatic heterocycles. The van der Waals surface area contributed by atoms with Crippen LogP contribution in [0.4, 0.5) is 0 Å². The van der Waals surface area contributed by atoms with Crippen molar-refractivity contribution >= 4 is 16.8 Å². The Hall–Kier alpha value is -1.81. The highest BCUT2D eigenvalue weighted by molar-refractivity contribution is 5.84. The minimum absolute atomic E-state index is 0.149. The van der Waals surface area contributed by atoms with Gasteiger partial charge in [-0.1, -0.05) is 24.6 Å². The van der Waals surface area contributed by atoms with Crippen molar-refractivity contribution in [3.8, 4) is 0 Å². The van der Waals surface area contributed by atoms with E-state index in [-0.39, 0.29) is 11.3 Å². The second-order valence-corrected chi connectivity index (χ2v) is 5.93. The fourth-order valence-corrected chi connectivity index (χ4v) is 3.15. The number of rotatable bonds is 6. The zero-order valence-corrected chi connectivity index (χ0v) is 12.4. The molecule has 1 aliphatic carbocycles. The van der Waals surface area contributed by atoms with Crippen LogP contribution in [0.2, 0.25) is 0 Å². The quantitative estimate of drug-likeness (QED) is 0.857. The van der Waals surface area contributed by atoms with E-state index in [2.05, 4.69) is 22.4 Å². The molecule has 1 saturated carbocycles. The van der Waals surface area contributed by atoms with Gasteiger partial charge in [0.15, 0.2) is 0 Å². The lowest BCUT2D eigenvalue weighted by Gasteiger charge is -2.39. The van der Waals surface area contributed by atoms with Crippen LogP contribution in [0.5, 0.6) is 0 Å². The maximum Gasteiger partial charge on any atom is 0.228 e. The number of amides is 1. The molecule has 1 aromatic heterocycles. The molecule has 2 N–H and O–H groups in total. The van der Waals surface area contributed by atoms with Gasteiger partial charge in [0.05, 0.1) is 12.0 Å². The van der Waals surface area contributed by atoms with Crippen molar-refractivity contribution < 1.29 is 9.53 Å². The van der Waals surface area contributed by atoms with E-state index in [1.165, 1.54) is 10.9 Å². The first-order valence-electron chi connectivity index (χ1n) is 7.57. The predicted octanol–water partition coefficient (Wildman–Crippen LogP) is 2.64. The molecular weight excluding hydrogens is 264 g/mol. The summed E-state index contributed by atoms with van der Waals surface area (Å²) in [6.07, 6.45) is 5.89. The average molecular weight is 286 g/mol. The lowest BCUT2D eigenvalue weighted by molar-refractivity contribution is -0.140. The first-order chi connectivity index (χ1) is 10.2. The van der Waals surface area contributed by atoms with Crippen molar-refractivity contribution in [3.63, 3.8) is 0 Å². The number of benzene rings is 1. The molecule has 0 unspecified atom stereocenters. The third-order valence-corrected chi connectivity index (χ3v) is 4.57. The molecule has 1 aromatic carbocycles. The fourth-order valence-electron chi connectivity index (χ4n) is 3.15. The fraction of sp³-hybridized carbons (Fsp3) is 0.471. The molecule has 4 nitrogen and oxygen atoms in total. The van der Waals surface area contributed by atoms with E-state index < -0.39 is 0 Å². The smallest absolute Gasteiger partial charge is 0.228 e. The molecule has 0 saturated heterocycles. The number of fused-ring (bicyclic) bond motifs is 1. The van der Waals surface area contributed by atoms with Crippen LogP contribution >= 0.6 is 0 Å². The number of ether oxygens (including phenoxy) is 1. The largest absolute Gasteiger partial charge is 0.384 e. The monoisotopic (exact) mass is 286 g/mol. The van der Waals surface area contributed by atoms with Crippen molar-refractivity contribution in [2.45, 2.75) is 25.7 Å². The summed E-state index contributed by atoms with van der Waals surface area (Å²) in [6, 6.07) is 8.25. The Balaban J connectivity index is 1.57. The molecule has 0 radical (unpaired) electrons. The molecule has 2 aromatic rings. The van der Waals surface area contributed by atoms with Gasteiger partial charge in [-0.3, -0.25) is 4.79 Å². The molecule has 1 fully saturated rings. The number of aromatic nitrogens is 1. The van der Waals surface area contributed by atoms with E-state index in [9.17, 15) is 4.79 Å². The van der Waals surface area contributed by atoms with Crippen LogP contribution in [0, 0.1) is 5.41 Å². The number of aromatic amines is 1. The summed E-state index contributed by atoms with van der Waals surface area (Å²) in [6.45, 7) is 1.21. The minimum Gasteiger partial charge on any atom is -0.384 e. The summed E-state index contributed by atoms with van der Waals surface area (Å²) in [4.78, 5) is 15.6. The van der Waals surface area contributed by atoms with E-state index in [1.807, 2.05) is 18.3 Å². The Bertz CT molecular complexity index is 629. The van der Waals surface area contributed by atoms with Crippen LogP contribution in [0.25, 0.3) is 10.9 Å². The zero-order chi connectivity index (χ0) is 14.7. The lowest BCUT2D eigenvalue weighted by Crippen LogP contribution is -2.49. The van der Waals surface area contributed by atoms with Gasteiger partial charge in [0, 0.05) is 30.8 Å². The number of nitrogens with one attached hydrogen (secondary N) is 2. The topological polar surface area (TPSA) is 54.1 Å². The van der Waals surface area contributed by atoms with Gasteiger partial charge in [-0.2, -0.15) is 0 Å². The number of methoxy groups -OCH3 is 1. The van der Waals surface area contributed by atoms with Crippen molar-refractivity contribution in [2.75, 3.05) is 20.3 Å². The molecule has 21 heavy (non-hydrogen) atoms. The highest BCUT2D eigenvalue weighted by atomic mass is 16.5. The molecular formula is C17H22N2O2. The molecule has 3 rings (SSSR count). The maximum absolute atomic E-state index is 12.3. The highest BCUT2D eigenvalue weighted by Crippen LogP contribution is 2.41. The van der Waals surface area contributed by atoms with Crippen LogP contribution in [0.3, 0.4) is 0 Å². The highest BCUT2D eigenvalue weighted by Gasteiger charge is 2.43. The first kappa shape index (κ1) is 14.1. The number of hydrogen-bond donors (Lipinski definition) is 2. The van der Waals surface area contributed by atoms with Gasteiger partial charge < -0.3 is 15.0 Å². The van der Waals surface area contributed by atoms with Gasteiger partial charge in [0.25, 0.3) is 0 Å². The third kappa shape index (κ3) is 2.68. The van der Waals surface area contributed by atoms with E-state index >= 15 is 0 Å². The summed E-state index contributed by atoms with van der Waals surface area (Å²) >= 11 is 0. The van der Waals surface area contributed by atoms with Gasteiger partial charge in [-0.05, 0) is 30.9 Å². The minimum atomic E-state index is -0.269. The Morgan fingerprint density at radius 1 is 1.38 bits per heavy atom. The Labute approximate surface area is 124 Å². The van der Waals surface area contributed by atoms with Crippen LogP contribution in [0.15, 0.2) is 30.5 Å². The van der Waals surface area contributed by atoms with Crippen molar-refractivity contribution in [1.82, 2.24) is 10.3 Å². The van der Waals surface area contributed by atoms with E-state index in [0.717, 1.165) is 31.2 Å². The first-order valence-corrected chi connectivity index (χ1v) is 7.57. The standard InChI is InChI=1S/C17H22N2O2/c1-21-12-17(8-4-9-17)16(20)18-10-7-13-11-19-15-6-3-2-5-14(13)15/h2-3,5-6,11,19H,4,7-10,12H2,1H3,(H,18,20). The van der Waals surface area contributed by atoms with Gasteiger partial charge in [0.2, 0.25) is 5.91 Å². The lowest BCUT2D eigenvalue weighted by atomic mass is 9.68. The third-order valence-electron chi connectivity index (χ3n) is 4.57. The maximum atomic E-state index is 12.3. The van der Waals surface area contributed by atoms with Gasteiger partial charge in [-0.25, -0.2) is 0 Å². The van der Waals surface area contributed by atoms with E-state index in [1.54, 1.807) is 7.11 Å². The van der Waals surface area contributed by atoms with Crippen molar-refractivity contribution in [2.24, 2.45) is 5.41 Å². The number of para-hydroxylation sites is 1. The summed E-state index contributed by atoms with van der Waals surface area (Å²) in [5, 5.41) is 4.32. The Morgan fingerprint density at radius 3 is 2.90 bits per heavy atom. The zero-order valence-electron chi connectivity index (χ0n) is 12.4. The summed E-state index contributed by atoms with van der Waals surface area (Å²) < 4.78 is 5.21. The molecule has 1 amide bonds. The molecule has 112 valence electrons. The Morgan fingerprint density at radius 2 is 2.19 bits per heavy atom. The van der Waals surface area contributed by atoms with Gasteiger partial charge in [-0.15, -0.1) is 0 Å². The predicted molar refractivity (Wildman–Crippen MR) is 83.2 cm³/mol. The second-order valence-electron chi connectivity index (χ2n) is 5.93. The van der Waals surface area contributed by atoms with Crippen LogP contribution in [0.1, 0.15) is 24.8 Å². The molecule has 4 heteroatoms. The SMILES string of the molecule is COCC1(C(=O)NCCc2c[nH]c3ccccc23)CCC1. The normalized spacial score (nSPS) is 16.6. The number of carbonyl (C=O) groups excluding carboxylic acids is 1. The van der Waals surface area contributed by atoms with Crippen LogP contribution < -0.4 is 5.32 Å². The Kier molecular flexibility index (Phi) is 3.97. The summed E-state index contributed by atoms with van der Waals surface area (Å²) in [5.74, 6) is 0.149. The molecule has 1 heterocycles. The van der Waals surface area contributed by atoms with Gasteiger partial charge >= 0.3 is 0 Å². The number of hydrogen-bond acceptors (Lipinski definition) is 2. The molecule has 0 spiro atoms. The van der Waals surface area contributed by atoms with Crippen LogP contribution in [-0.2, 0) is 16.0 Å². The van der Waals surface area contributed by atoms with Crippen LogP contribution in [-0.4, -0.2) is 31.2 Å². The molecule has 1 aliphatic rings.